The summed E-state index contributed by atoms with van der Waals surface area (Å²) in [7, 11) is -3.76. The molecule has 5 nitrogen and oxygen atoms in total. The fourth-order valence-corrected chi connectivity index (χ4v) is 4.68. The van der Waals surface area contributed by atoms with Crippen molar-refractivity contribution in [3.8, 4) is 0 Å². The summed E-state index contributed by atoms with van der Waals surface area (Å²) in [5.41, 5.74) is 0.108. The van der Waals surface area contributed by atoms with Gasteiger partial charge < -0.3 is 5.32 Å². The number of rotatable bonds is 4. The van der Waals surface area contributed by atoms with Gasteiger partial charge in [0.2, 0.25) is 10.0 Å². The van der Waals surface area contributed by atoms with E-state index >= 15 is 0 Å². The van der Waals surface area contributed by atoms with Gasteiger partial charge in [-0.2, -0.15) is 4.31 Å². The maximum absolute atomic E-state index is 13.7. The summed E-state index contributed by atoms with van der Waals surface area (Å²) in [6.45, 7) is 0.870. The minimum absolute atomic E-state index is 0.0198. The van der Waals surface area contributed by atoms with Crippen molar-refractivity contribution in [2.75, 3.05) is 18.4 Å². The lowest BCUT2D eigenvalue weighted by Gasteiger charge is -2.17. The Morgan fingerprint density at radius 3 is 2.48 bits per heavy atom. The Morgan fingerprint density at radius 1 is 1.12 bits per heavy atom. The molecule has 1 amide bonds. The number of carbonyl (C=O) groups is 1. The normalized spacial score (nSPS) is 15.3. The van der Waals surface area contributed by atoms with E-state index in [2.05, 4.69) is 5.32 Å². The van der Waals surface area contributed by atoms with Crippen molar-refractivity contribution >= 4 is 33.2 Å². The fourth-order valence-electron chi connectivity index (χ4n) is 2.67. The number of sulfonamides is 1. The third kappa shape index (κ3) is 3.68. The van der Waals surface area contributed by atoms with Crippen LogP contribution < -0.4 is 5.32 Å². The number of nitrogens with one attached hydrogen (secondary N) is 1. The lowest BCUT2D eigenvalue weighted by Crippen LogP contribution is -2.28. The van der Waals surface area contributed by atoms with Crippen LogP contribution in [0.15, 0.2) is 47.4 Å². The molecule has 1 saturated heterocycles. The molecule has 132 valence electrons. The van der Waals surface area contributed by atoms with Gasteiger partial charge in [0.1, 0.15) is 10.7 Å². The molecule has 1 N–H and O–H groups in total. The molecular formula is C17H16ClFN2O3S. The average Bonchev–Trinajstić information content (AvgIpc) is 3.12. The van der Waals surface area contributed by atoms with Gasteiger partial charge >= 0.3 is 0 Å². The number of hydrogen-bond acceptors (Lipinski definition) is 3. The predicted octanol–water partition coefficient (Wildman–Crippen LogP) is 3.52. The van der Waals surface area contributed by atoms with Crippen LogP contribution in [0.3, 0.4) is 0 Å². The van der Waals surface area contributed by atoms with E-state index in [1.165, 1.54) is 40.7 Å². The molecule has 0 spiro atoms. The minimum Gasteiger partial charge on any atom is -0.319 e. The quantitative estimate of drug-likeness (QED) is 0.879. The lowest BCUT2D eigenvalue weighted by molar-refractivity contribution is 0.102. The van der Waals surface area contributed by atoms with Crippen LogP contribution in [-0.4, -0.2) is 31.7 Å². The topological polar surface area (TPSA) is 66.5 Å². The summed E-state index contributed by atoms with van der Waals surface area (Å²) in [6, 6.07) is 9.73. The molecule has 0 radical (unpaired) electrons. The van der Waals surface area contributed by atoms with Gasteiger partial charge in [0.05, 0.1) is 10.7 Å². The van der Waals surface area contributed by atoms with Crippen molar-refractivity contribution in [1.82, 2.24) is 4.31 Å². The maximum Gasteiger partial charge on any atom is 0.255 e. The van der Waals surface area contributed by atoms with Crippen molar-refractivity contribution in [3.05, 3.63) is 58.9 Å². The van der Waals surface area contributed by atoms with Gasteiger partial charge in [-0.1, -0.05) is 23.7 Å². The monoisotopic (exact) mass is 382 g/mol. The Morgan fingerprint density at radius 2 is 1.80 bits per heavy atom. The Kier molecular flexibility index (Phi) is 5.08. The molecule has 0 saturated carbocycles. The Balaban J connectivity index is 1.91. The second-order valence-corrected chi connectivity index (χ2v) is 8.00. The first-order chi connectivity index (χ1) is 11.9. The first-order valence-corrected chi connectivity index (χ1v) is 9.57. The van der Waals surface area contributed by atoms with Gasteiger partial charge in [0.15, 0.2) is 0 Å². The molecule has 0 aromatic heterocycles. The Labute approximate surface area is 150 Å². The van der Waals surface area contributed by atoms with Crippen molar-refractivity contribution in [2.24, 2.45) is 0 Å². The van der Waals surface area contributed by atoms with Gasteiger partial charge in [-0.3, -0.25) is 4.79 Å². The van der Waals surface area contributed by atoms with Gasteiger partial charge in [-0.25, -0.2) is 12.8 Å². The molecule has 1 heterocycles. The van der Waals surface area contributed by atoms with Crippen LogP contribution in [0, 0.1) is 5.82 Å². The second-order valence-electron chi connectivity index (χ2n) is 5.69. The highest BCUT2D eigenvalue weighted by molar-refractivity contribution is 7.89. The molecule has 2 aromatic carbocycles. The zero-order chi connectivity index (χ0) is 18.0. The molecule has 3 rings (SSSR count). The molecule has 0 bridgehead atoms. The van der Waals surface area contributed by atoms with E-state index in [9.17, 15) is 17.6 Å². The Bertz CT molecular complexity index is 912. The van der Waals surface area contributed by atoms with Gasteiger partial charge in [-0.15, -0.1) is 0 Å². The summed E-state index contributed by atoms with van der Waals surface area (Å²) < 4.78 is 40.4. The van der Waals surface area contributed by atoms with E-state index in [0.717, 1.165) is 12.8 Å². The molecule has 0 aliphatic carbocycles. The molecule has 1 aliphatic rings. The highest BCUT2D eigenvalue weighted by Gasteiger charge is 2.29. The summed E-state index contributed by atoms with van der Waals surface area (Å²) in [5.74, 6) is -1.19. The van der Waals surface area contributed by atoms with Crippen LogP contribution in [0.2, 0.25) is 5.02 Å². The molecule has 1 aliphatic heterocycles. The standard InChI is InChI=1S/C17H16ClFN2O3S/c18-13-8-7-12(17(22)20-15-6-2-1-5-14(15)19)11-16(13)25(23,24)21-9-3-4-10-21/h1-2,5-8,11H,3-4,9-10H2,(H,20,22). The number of nitrogens with zero attached hydrogens (tertiary/aromatic N) is 1. The number of para-hydroxylation sites is 1. The minimum atomic E-state index is -3.76. The van der Waals surface area contributed by atoms with E-state index < -0.39 is 21.7 Å². The van der Waals surface area contributed by atoms with Crippen molar-refractivity contribution in [1.29, 1.82) is 0 Å². The third-order valence-corrected chi connectivity index (χ3v) is 6.38. The summed E-state index contributed by atoms with van der Waals surface area (Å²) in [5, 5.41) is 2.48. The second kappa shape index (κ2) is 7.11. The van der Waals surface area contributed by atoms with Crippen molar-refractivity contribution < 1.29 is 17.6 Å². The zero-order valence-electron chi connectivity index (χ0n) is 13.2. The first kappa shape index (κ1) is 17.8. The van der Waals surface area contributed by atoms with Crippen molar-refractivity contribution in [3.63, 3.8) is 0 Å². The van der Waals surface area contributed by atoms with Crippen molar-refractivity contribution in [2.45, 2.75) is 17.7 Å². The summed E-state index contributed by atoms with van der Waals surface area (Å²) in [6.07, 6.45) is 1.59. The molecule has 8 heteroatoms. The number of benzene rings is 2. The van der Waals surface area contributed by atoms with E-state index in [4.69, 9.17) is 11.6 Å². The molecule has 25 heavy (non-hydrogen) atoms. The van der Waals surface area contributed by atoms with Crippen LogP contribution in [-0.2, 0) is 10.0 Å². The summed E-state index contributed by atoms with van der Waals surface area (Å²) in [4.78, 5) is 12.2. The number of carbonyl (C=O) groups excluding carboxylic acids is 1. The Hall–Kier alpha value is -1.96. The fraction of sp³-hybridized carbons (Fsp3) is 0.235. The molecule has 2 aromatic rings. The first-order valence-electron chi connectivity index (χ1n) is 7.75. The molecular weight excluding hydrogens is 367 g/mol. The zero-order valence-corrected chi connectivity index (χ0v) is 14.8. The lowest BCUT2D eigenvalue weighted by atomic mass is 10.2. The van der Waals surface area contributed by atoms with Gasteiger partial charge in [-0.05, 0) is 43.2 Å². The number of anilines is 1. The van der Waals surface area contributed by atoms with E-state index in [1.54, 1.807) is 6.07 Å². The maximum atomic E-state index is 13.7. The van der Waals surface area contributed by atoms with Crippen LogP contribution in [0.25, 0.3) is 0 Å². The average molecular weight is 383 g/mol. The number of amides is 1. The SMILES string of the molecule is O=C(Nc1ccccc1F)c1ccc(Cl)c(S(=O)(=O)N2CCCC2)c1. The highest BCUT2D eigenvalue weighted by Crippen LogP contribution is 2.28. The van der Waals surface area contributed by atoms with Crippen LogP contribution in [0.4, 0.5) is 10.1 Å². The van der Waals surface area contributed by atoms with Gasteiger partial charge in [0, 0.05) is 18.7 Å². The van der Waals surface area contributed by atoms with E-state index in [-0.39, 0.29) is 21.2 Å². The number of halogens is 2. The highest BCUT2D eigenvalue weighted by atomic mass is 35.5. The third-order valence-electron chi connectivity index (χ3n) is 4.00. The molecule has 0 atom stereocenters. The molecule has 1 fully saturated rings. The summed E-state index contributed by atoms with van der Waals surface area (Å²) >= 11 is 6.05. The smallest absolute Gasteiger partial charge is 0.255 e. The van der Waals surface area contributed by atoms with Crippen LogP contribution in [0.5, 0.6) is 0 Å². The van der Waals surface area contributed by atoms with Crippen LogP contribution >= 0.6 is 11.6 Å². The largest absolute Gasteiger partial charge is 0.319 e. The van der Waals surface area contributed by atoms with Gasteiger partial charge in [0.25, 0.3) is 5.91 Å². The molecule has 0 unspecified atom stereocenters. The van der Waals surface area contributed by atoms with E-state index in [0.29, 0.717) is 13.1 Å². The van der Waals surface area contributed by atoms with Crippen LogP contribution in [0.1, 0.15) is 23.2 Å². The predicted molar refractivity (Wildman–Crippen MR) is 93.8 cm³/mol. The number of hydrogen-bond donors (Lipinski definition) is 1. The van der Waals surface area contributed by atoms with E-state index in [1.807, 2.05) is 0 Å².